The molecule has 0 fully saturated rings. The lowest BCUT2D eigenvalue weighted by molar-refractivity contribution is 0.479. The molecule has 0 saturated heterocycles. The van der Waals surface area contributed by atoms with Crippen molar-refractivity contribution in [2.45, 2.75) is 6.54 Å². The van der Waals surface area contributed by atoms with Crippen LogP contribution < -0.4 is 10.5 Å². The van der Waals surface area contributed by atoms with Gasteiger partial charge in [0.05, 0.1) is 4.47 Å². The van der Waals surface area contributed by atoms with E-state index in [9.17, 15) is 0 Å². The van der Waals surface area contributed by atoms with Crippen LogP contribution >= 0.6 is 31.9 Å². The lowest BCUT2D eigenvalue weighted by Crippen LogP contribution is -1.95. The molecule has 0 heterocycles. The van der Waals surface area contributed by atoms with Crippen molar-refractivity contribution in [2.24, 2.45) is 5.73 Å². The van der Waals surface area contributed by atoms with Crippen LogP contribution in [0.1, 0.15) is 5.56 Å². The minimum atomic E-state index is 0.544. The van der Waals surface area contributed by atoms with Crippen molar-refractivity contribution in [2.75, 3.05) is 0 Å². The second kappa shape index (κ2) is 5.67. The fourth-order valence-corrected chi connectivity index (χ4v) is 2.51. The van der Waals surface area contributed by atoms with Crippen molar-refractivity contribution in [3.63, 3.8) is 0 Å². The van der Waals surface area contributed by atoms with Crippen molar-refractivity contribution >= 4 is 31.9 Å². The lowest BCUT2D eigenvalue weighted by atomic mass is 10.2. The van der Waals surface area contributed by atoms with Gasteiger partial charge in [0, 0.05) is 11.0 Å². The van der Waals surface area contributed by atoms with E-state index in [1.165, 1.54) is 0 Å². The van der Waals surface area contributed by atoms with E-state index in [1.54, 1.807) is 0 Å². The van der Waals surface area contributed by atoms with Gasteiger partial charge in [0.2, 0.25) is 0 Å². The summed E-state index contributed by atoms with van der Waals surface area (Å²) in [5.74, 6) is 1.58. The Kier molecular flexibility index (Phi) is 4.20. The molecule has 2 rings (SSSR count). The zero-order valence-electron chi connectivity index (χ0n) is 8.99. The standard InChI is InChI=1S/C13H11Br2NO/c14-10-3-6-13(12(15)7-10)17-11-4-1-9(8-16)2-5-11/h1-7H,8,16H2. The Morgan fingerprint density at radius 1 is 1.00 bits per heavy atom. The third kappa shape index (κ3) is 3.31. The SMILES string of the molecule is NCc1ccc(Oc2ccc(Br)cc2Br)cc1. The van der Waals surface area contributed by atoms with Crippen LogP contribution in [0.15, 0.2) is 51.4 Å². The highest BCUT2D eigenvalue weighted by molar-refractivity contribution is 9.11. The summed E-state index contributed by atoms with van der Waals surface area (Å²) in [5.41, 5.74) is 6.63. The first-order valence-corrected chi connectivity index (χ1v) is 6.69. The smallest absolute Gasteiger partial charge is 0.141 e. The van der Waals surface area contributed by atoms with Crippen molar-refractivity contribution < 1.29 is 4.74 Å². The highest BCUT2D eigenvalue weighted by atomic mass is 79.9. The molecule has 2 N–H and O–H groups in total. The van der Waals surface area contributed by atoms with Gasteiger partial charge in [-0.05, 0) is 51.8 Å². The molecular weight excluding hydrogens is 346 g/mol. The minimum Gasteiger partial charge on any atom is -0.456 e. The monoisotopic (exact) mass is 355 g/mol. The van der Waals surface area contributed by atoms with Crippen LogP contribution in [0.2, 0.25) is 0 Å². The molecule has 0 aliphatic heterocycles. The fourth-order valence-electron chi connectivity index (χ4n) is 1.38. The molecule has 0 unspecified atom stereocenters. The molecule has 0 saturated carbocycles. The summed E-state index contributed by atoms with van der Waals surface area (Å²) in [6, 6.07) is 13.5. The maximum absolute atomic E-state index is 5.76. The third-order valence-electron chi connectivity index (χ3n) is 2.28. The average molecular weight is 357 g/mol. The summed E-state index contributed by atoms with van der Waals surface area (Å²) in [5, 5.41) is 0. The fraction of sp³-hybridized carbons (Fsp3) is 0.0769. The zero-order chi connectivity index (χ0) is 12.3. The van der Waals surface area contributed by atoms with Gasteiger partial charge >= 0.3 is 0 Å². The number of nitrogens with two attached hydrogens (primary N) is 1. The molecule has 2 nitrogen and oxygen atoms in total. The summed E-state index contributed by atoms with van der Waals surface area (Å²) in [4.78, 5) is 0. The molecule has 0 radical (unpaired) electrons. The first-order valence-electron chi connectivity index (χ1n) is 5.11. The van der Waals surface area contributed by atoms with Gasteiger partial charge in [-0.25, -0.2) is 0 Å². The first-order chi connectivity index (χ1) is 8.19. The molecule has 4 heteroatoms. The number of hydrogen-bond donors (Lipinski definition) is 1. The Hall–Kier alpha value is -0.840. The summed E-state index contributed by atoms with van der Waals surface area (Å²) < 4.78 is 7.68. The highest BCUT2D eigenvalue weighted by Crippen LogP contribution is 2.31. The Balaban J connectivity index is 2.19. The quantitative estimate of drug-likeness (QED) is 0.880. The van der Waals surface area contributed by atoms with E-state index in [1.807, 2.05) is 42.5 Å². The first kappa shape index (κ1) is 12.6. The molecule has 2 aromatic rings. The second-order valence-corrected chi connectivity index (χ2v) is 5.29. The molecular formula is C13H11Br2NO. The van der Waals surface area contributed by atoms with Gasteiger partial charge in [-0.15, -0.1) is 0 Å². The maximum Gasteiger partial charge on any atom is 0.141 e. The van der Waals surface area contributed by atoms with Gasteiger partial charge in [-0.1, -0.05) is 28.1 Å². The Morgan fingerprint density at radius 3 is 2.29 bits per heavy atom. The van der Waals surface area contributed by atoms with Crippen molar-refractivity contribution in [3.05, 3.63) is 57.0 Å². The minimum absolute atomic E-state index is 0.544. The zero-order valence-corrected chi connectivity index (χ0v) is 12.2. The average Bonchev–Trinajstić information content (AvgIpc) is 2.34. The molecule has 0 atom stereocenters. The number of hydrogen-bond acceptors (Lipinski definition) is 2. The van der Waals surface area contributed by atoms with E-state index in [0.717, 1.165) is 26.0 Å². The number of halogens is 2. The van der Waals surface area contributed by atoms with Gasteiger partial charge in [0.25, 0.3) is 0 Å². The Bertz CT molecular complexity index is 511. The highest BCUT2D eigenvalue weighted by Gasteiger charge is 2.03. The summed E-state index contributed by atoms with van der Waals surface area (Å²) in [7, 11) is 0. The molecule has 0 bridgehead atoms. The lowest BCUT2D eigenvalue weighted by Gasteiger charge is -2.08. The molecule has 0 spiro atoms. The number of ether oxygens (including phenoxy) is 1. The number of rotatable bonds is 3. The molecule has 0 aliphatic carbocycles. The third-order valence-corrected chi connectivity index (χ3v) is 3.39. The topological polar surface area (TPSA) is 35.2 Å². The van der Waals surface area contributed by atoms with Gasteiger partial charge in [0.15, 0.2) is 0 Å². The Labute approximate surface area is 117 Å². The van der Waals surface area contributed by atoms with E-state index in [2.05, 4.69) is 31.9 Å². The van der Waals surface area contributed by atoms with Crippen LogP contribution in [0.4, 0.5) is 0 Å². The van der Waals surface area contributed by atoms with E-state index in [0.29, 0.717) is 6.54 Å². The van der Waals surface area contributed by atoms with Crippen LogP contribution in [-0.2, 0) is 6.54 Å². The molecule has 88 valence electrons. The molecule has 0 amide bonds. The maximum atomic E-state index is 5.76. The Morgan fingerprint density at radius 2 is 1.71 bits per heavy atom. The van der Waals surface area contributed by atoms with Gasteiger partial charge in [-0.2, -0.15) is 0 Å². The predicted octanol–water partition coefficient (Wildman–Crippen LogP) is 4.46. The summed E-state index contributed by atoms with van der Waals surface area (Å²) >= 11 is 6.86. The van der Waals surface area contributed by atoms with E-state index in [4.69, 9.17) is 10.5 Å². The normalized spacial score (nSPS) is 10.3. The van der Waals surface area contributed by atoms with E-state index >= 15 is 0 Å². The van der Waals surface area contributed by atoms with Crippen LogP contribution in [0, 0.1) is 0 Å². The van der Waals surface area contributed by atoms with Crippen LogP contribution in [0.3, 0.4) is 0 Å². The largest absolute Gasteiger partial charge is 0.456 e. The van der Waals surface area contributed by atoms with Gasteiger partial charge in [0.1, 0.15) is 11.5 Å². The van der Waals surface area contributed by atoms with Crippen LogP contribution in [-0.4, -0.2) is 0 Å². The van der Waals surface area contributed by atoms with E-state index in [-0.39, 0.29) is 0 Å². The molecule has 0 aliphatic rings. The van der Waals surface area contributed by atoms with Gasteiger partial charge in [-0.3, -0.25) is 0 Å². The van der Waals surface area contributed by atoms with Crippen molar-refractivity contribution in [1.29, 1.82) is 0 Å². The molecule has 17 heavy (non-hydrogen) atoms. The van der Waals surface area contributed by atoms with Gasteiger partial charge < -0.3 is 10.5 Å². The summed E-state index contributed by atoms with van der Waals surface area (Å²) in [6.07, 6.45) is 0. The van der Waals surface area contributed by atoms with Crippen molar-refractivity contribution in [1.82, 2.24) is 0 Å². The van der Waals surface area contributed by atoms with Crippen LogP contribution in [0.5, 0.6) is 11.5 Å². The van der Waals surface area contributed by atoms with Crippen molar-refractivity contribution in [3.8, 4) is 11.5 Å². The number of benzene rings is 2. The molecule has 0 aromatic heterocycles. The van der Waals surface area contributed by atoms with E-state index < -0.39 is 0 Å². The summed E-state index contributed by atoms with van der Waals surface area (Å²) in [6.45, 7) is 0.544. The predicted molar refractivity (Wildman–Crippen MR) is 76.2 cm³/mol. The van der Waals surface area contributed by atoms with Crippen LogP contribution in [0.25, 0.3) is 0 Å². The molecule has 2 aromatic carbocycles. The second-order valence-electron chi connectivity index (χ2n) is 3.52.